The summed E-state index contributed by atoms with van der Waals surface area (Å²) in [6.07, 6.45) is 3.34. The van der Waals surface area contributed by atoms with E-state index in [9.17, 15) is 0 Å². The summed E-state index contributed by atoms with van der Waals surface area (Å²) in [5.74, 6) is 0. The Morgan fingerprint density at radius 3 is 2.33 bits per heavy atom. The van der Waals surface area contributed by atoms with E-state index in [0.29, 0.717) is 6.54 Å². The highest BCUT2D eigenvalue weighted by atomic mass is 16.6. The zero-order valence-corrected chi connectivity index (χ0v) is 10.3. The highest BCUT2D eigenvalue weighted by Crippen LogP contribution is 2.53. The minimum absolute atomic E-state index is 0.0764. The van der Waals surface area contributed by atoms with Crippen molar-refractivity contribution in [1.29, 1.82) is 0 Å². The molecule has 0 radical (unpaired) electrons. The van der Waals surface area contributed by atoms with Crippen LogP contribution in [0.1, 0.15) is 47.0 Å². The number of hydrogen-bond acceptors (Lipinski definition) is 3. The van der Waals surface area contributed by atoms with E-state index >= 15 is 0 Å². The van der Waals surface area contributed by atoms with Gasteiger partial charge in [0.1, 0.15) is 0 Å². The third-order valence-corrected chi connectivity index (χ3v) is 3.87. The monoisotopic (exact) mass is 213 g/mol. The molecule has 3 heteroatoms. The number of rotatable bonds is 1. The molecule has 0 aliphatic carbocycles. The Balaban J connectivity index is 2.22. The Morgan fingerprint density at radius 2 is 1.93 bits per heavy atom. The van der Waals surface area contributed by atoms with Crippen LogP contribution in [0.2, 0.25) is 0 Å². The molecule has 2 aliphatic heterocycles. The van der Waals surface area contributed by atoms with Crippen molar-refractivity contribution in [3.05, 3.63) is 0 Å². The van der Waals surface area contributed by atoms with E-state index in [1.807, 2.05) is 0 Å². The molecule has 2 N–H and O–H groups in total. The van der Waals surface area contributed by atoms with Gasteiger partial charge in [0.05, 0.1) is 22.9 Å². The lowest BCUT2D eigenvalue weighted by molar-refractivity contribution is -0.144. The van der Waals surface area contributed by atoms with Crippen LogP contribution in [-0.2, 0) is 9.47 Å². The van der Waals surface area contributed by atoms with Crippen LogP contribution in [-0.4, -0.2) is 29.5 Å². The molecular formula is C12H23NO2. The summed E-state index contributed by atoms with van der Waals surface area (Å²) in [5.41, 5.74) is 5.29. The van der Waals surface area contributed by atoms with Gasteiger partial charge in [0.15, 0.2) is 0 Å². The minimum atomic E-state index is -0.194. The molecular weight excluding hydrogens is 190 g/mol. The fraction of sp³-hybridized carbons (Fsp3) is 1.00. The van der Waals surface area contributed by atoms with Gasteiger partial charge in [0.2, 0.25) is 0 Å². The SMILES string of the molecule is CC1(C)C[C@]2(CC[C@H](CN)O2)C(C)(C)O1. The molecule has 3 nitrogen and oxygen atoms in total. The Morgan fingerprint density at radius 1 is 1.27 bits per heavy atom. The van der Waals surface area contributed by atoms with Crippen LogP contribution in [0.15, 0.2) is 0 Å². The van der Waals surface area contributed by atoms with Gasteiger partial charge in [-0.25, -0.2) is 0 Å². The highest BCUT2D eigenvalue weighted by molar-refractivity contribution is 5.10. The van der Waals surface area contributed by atoms with Gasteiger partial charge in [-0.15, -0.1) is 0 Å². The predicted molar refractivity (Wildman–Crippen MR) is 59.8 cm³/mol. The zero-order valence-electron chi connectivity index (χ0n) is 10.3. The lowest BCUT2D eigenvalue weighted by atomic mass is 9.80. The van der Waals surface area contributed by atoms with Gasteiger partial charge in [-0.05, 0) is 40.5 Å². The topological polar surface area (TPSA) is 44.5 Å². The van der Waals surface area contributed by atoms with Gasteiger partial charge >= 0.3 is 0 Å². The van der Waals surface area contributed by atoms with Crippen molar-refractivity contribution in [3.63, 3.8) is 0 Å². The van der Waals surface area contributed by atoms with Gasteiger partial charge in [0, 0.05) is 13.0 Å². The van der Waals surface area contributed by atoms with Crippen molar-refractivity contribution in [2.75, 3.05) is 6.54 Å². The van der Waals surface area contributed by atoms with Crippen molar-refractivity contribution < 1.29 is 9.47 Å². The Labute approximate surface area is 92.3 Å². The fourth-order valence-corrected chi connectivity index (χ4v) is 3.29. The van der Waals surface area contributed by atoms with E-state index in [2.05, 4.69) is 27.7 Å². The average molecular weight is 213 g/mol. The standard InChI is InChI=1S/C12H23NO2/c1-10(2)8-12(11(3,4)15-10)6-5-9(7-13)14-12/h9H,5-8,13H2,1-4H3/t9-,12-/m1/s1. The molecule has 0 aromatic carbocycles. The van der Waals surface area contributed by atoms with E-state index in [4.69, 9.17) is 15.2 Å². The molecule has 2 heterocycles. The molecule has 2 fully saturated rings. The summed E-state index contributed by atoms with van der Waals surface area (Å²) in [4.78, 5) is 0. The minimum Gasteiger partial charge on any atom is -0.367 e. The number of nitrogens with two attached hydrogens (primary N) is 1. The summed E-state index contributed by atoms with van der Waals surface area (Å²) in [6, 6.07) is 0. The van der Waals surface area contributed by atoms with Crippen LogP contribution in [0.5, 0.6) is 0 Å². The van der Waals surface area contributed by atoms with Crippen molar-refractivity contribution in [2.45, 2.75) is 69.9 Å². The van der Waals surface area contributed by atoms with Crippen molar-refractivity contribution in [2.24, 2.45) is 5.73 Å². The van der Waals surface area contributed by atoms with Gasteiger partial charge < -0.3 is 15.2 Å². The van der Waals surface area contributed by atoms with E-state index in [-0.39, 0.29) is 22.9 Å². The Kier molecular flexibility index (Phi) is 2.42. The molecule has 15 heavy (non-hydrogen) atoms. The highest BCUT2D eigenvalue weighted by Gasteiger charge is 2.60. The van der Waals surface area contributed by atoms with E-state index in [1.54, 1.807) is 0 Å². The van der Waals surface area contributed by atoms with Crippen molar-refractivity contribution in [3.8, 4) is 0 Å². The second kappa shape index (κ2) is 3.19. The third-order valence-electron chi connectivity index (χ3n) is 3.87. The lowest BCUT2D eigenvalue weighted by Gasteiger charge is -2.36. The van der Waals surface area contributed by atoms with Crippen molar-refractivity contribution >= 4 is 0 Å². The molecule has 2 rings (SSSR count). The number of ether oxygens (including phenoxy) is 2. The van der Waals surface area contributed by atoms with E-state index in [0.717, 1.165) is 19.3 Å². The largest absolute Gasteiger partial charge is 0.367 e. The van der Waals surface area contributed by atoms with Gasteiger partial charge in [-0.1, -0.05) is 0 Å². The van der Waals surface area contributed by atoms with Crippen LogP contribution in [0.25, 0.3) is 0 Å². The number of hydrogen-bond donors (Lipinski definition) is 1. The first kappa shape index (κ1) is 11.4. The average Bonchev–Trinajstić information content (AvgIpc) is 2.53. The van der Waals surface area contributed by atoms with Crippen LogP contribution >= 0.6 is 0 Å². The Hall–Kier alpha value is -0.120. The first-order chi connectivity index (χ1) is 6.80. The molecule has 0 bridgehead atoms. The zero-order chi connectivity index (χ0) is 11.3. The molecule has 0 saturated carbocycles. The van der Waals surface area contributed by atoms with Crippen LogP contribution in [0, 0.1) is 0 Å². The van der Waals surface area contributed by atoms with E-state index in [1.165, 1.54) is 0 Å². The Bertz CT molecular complexity index is 262. The summed E-state index contributed by atoms with van der Waals surface area (Å²) in [5, 5.41) is 0. The first-order valence-electron chi connectivity index (χ1n) is 5.88. The van der Waals surface area contributed by atoms with Crippen LogP contribution in [0.3, 0.4) is 0 Å². The summed E-state index contributed by atoms with van der Waals surface area (Å²) < 4.78 is 12.3. The summed E-state index contributed by atoms with van der Waals surface area (Å²) in [6.45, 7) is 9.19. The third kappa shape index (κ3) is 1.71. The van der Waals surface area contributed by atoms with Crippen LogP contribution in [0.4, 0.5) is 0 Å². The molecule has 88 valence electrons. The fourth-order valence-electron chi connectivity index (χ4n) is 3.29. The molecule has 2 saturated heterocycles. The smallest absolute Gasteiger partial charge is 0.0998 e. The normalized spacial score (nSPS) is 42.6. The maximum atomic E-state index is 6.16. The van der Waals surface area contributed by atoms with Gasteiger partial charge in [0.25, 0.3) is 0 Å². The second-order valence-electron chi connectivity index (χ2n) is 6.06. The van der Waals surface area contributed by atoms with E-state index < -0.39 is 0 Å². The molecule has 0 amide bonds. The lowest BCUT2D eigenvalue weighted by Crippen LogP contribution is -2.46. The predicted octanol–water partition coefficient (Wildman–Crippen LogP) is 1.84. The summed E-state index contributed by atoms with van der Waals surface area (Å²) >= 11 is 0. The molecule has 0 aromatic heterocycles. The van der Waals surface area contributed by atoms with Crippen LogP contribution < -0.4 is 5.73 Å². The van der Waals surface area contributed by atoms with Gasteiger partial charge in [-0.3, -0.25) is 0 Å². The van der Waals surface area contributed by atoms with Gasteiger partial charge in [-0.2, -0.15) is 0 Å². The molecule has 2 aliphatic rings. The quantitative estimate of drug-likeness (QED) is 0.723. The molecule has 2 atom stereocenters. The maximum Gasteiger partial charge on any atom is 0.0998 e. The molecule has 0 aromatic rings. The molecule has 1 spiro atoms. The maximum absolute atomic E-state index is 6.16. The summed E-state index contributed by atoms with van der Waals surface area (Å²) in [7, 11) is 0. The first-order valence-corrected chi connectivity index (χ1v) is 5.88. The second-order valence-corrected chi connectivity index (χ2v) is 6.06. The molecule has 0 unspecified atom stereocenters. The van der Waals surface area contributed by atoms with Crippen molar-refractivity contribution in [1.82, 2.24) is 0 Å².